The number of aromatic nitrogens is 2. The van der Waals surface area contributed by atoms with E-state index in [1.165, 1.54) is 65.4 Å². The van der Waals surface area contributed by atoms with Crippen molar-refractivity contribution < 1.29 is 27.8 Å². The molecule has 0 saturated heterocycles. The number of halogens is 2. The van der Waals surface area contributed by atoms with E-state index in [1.54, 1.807) is 30.3 Å². The Labute approximate surface area is 240 Å². The number of anilines is 2. The minimum atomic E-state index is -3.21. The summed E-state index contributed by atoms with van der Waals surface area (Å²) in [6.45, 7) is 2.72. The zero-order valence-corrected chi connectivity index (χ0v) is 22.9. The van der Waals surface area contributed by atoms with E-state index in [9.17, 15) is 14.9 Å². The molecule has 0 radical (unpaired) electrons. The van der Waals surface area contributed by atoms with Crippen molar-refractivity contribution in [1.29, 1.82) is 5.26 Å². The third-order valence-corrected chi connectivity index (χ3v) is 6.93. The normalized spacial score (nSPS) is 14.7. The van der Waals surface area contributed by atoms with E-state index in [0.717, 1.165) is 0 Å². The standard InChI is InChI=1S/C31H27F2N5O4/c1-20-19-37-28(26(18-35-37)29(39)36-24-10-13-27(21(16-24)17-34)42-15-14-41-2)30(40)38(20)25-11-8-23(9-12-25)31(32,33)22-6-4-3-5-7-22/h3-13,16,18,20H,14-15,19H2,1-2H3,(H,36,39)/t20-/m0/s1. The SMILES string of the molecule is COCCOc1ccc(NC(=O)c2cnn3c2C(=O)N(c2ccc(C(F)(F)c4ccccc4)cc2)[C@@H](C)C3)cc1C#N. The maximum Gasteiger partial charge on any atom is 0.298 e. The molecule has 4 aromatic rings. The molecule has 2 amide bonds. The molecular weight excluding hydrogens is 544 g/mol. The van der Waals surface area contributed by atoms with Crippen LogP contribution in [0.1, 0.15) is 44.5 Å². The average Bonchev–Trinajstić information content (AvgIpc) is 3.43. The Kier molecular flexibility index (Phi) is 7.99. The zero-order chi connectivity index (χ0) is 29.9. The molecule has 1 aromatic heterocycles. The van der Waals surface area contributed by atoms with Crippen molar-refractivity contribution in [2.75, 3.05) is 30.5 Å². The minimum absolute atomic E-state index is 0.0445. The lowest BCUT2D eigenvalue weighted by Gasteiger charge is -2.34. The molecule has 1 atom stereocenters. The highest BCUT2D eigenvalue weighted by molar-refractivity contribution is 6.15. The molecular formula is C31H27F2N5O4. The minimum Gasteiger partial charge on any atom is -0.490 e. The fraction of sp³-hybridized carbons (Fsp3) is 0.226. The van der Waals surface area contributed by atoms with Crippen LogP contribution < -0.4 is 15.0 Å². The fourth-order valence-corrected chi connectivity index (χ4v) is 4.83. The molecule has 0 saturated carbocycles. The Morgan fingerprint density at radius 3 is 2.50 bits per heavy atom. The van der Waals surface area contributed by atoms with E-state index in [2.05, 4.69) is 10.4 Å². The van der Waals surface area contributed by atoms with Crippen molar-refractivity contribution in [3.63, 3.8) is 0 Å². The van der Waals surface area contributed by atoms with Gasteiger partial charge >= 0.3 is 0 Å². The lowest BCUT2D eigenvalue weighted by Crippen LogP contribution is -2.47. The van der Waals surface area contributed by atoms with Crippen LogP contribution >= 0.6 is 0 Å². The second-order valence-corrected chi connectivity index (χ2v) is 9.72. The summed E-state index contributed by atoms with van der Waals surface area (Å²) < 4.78 is 42.1. The maximum atomic E-state index is 15.1. The molecule has 0 spiro atoms. The number of fused-ring (bicyclic) bond motifs is 1. The van der Waals surface area contributed by atoms with Crippen LogP contribution in [0.4, 0.5) is 20.2 Å². The summed E-state index contributed by atoms with van der Waals surface area (Å²) in [7, 11) is 1.54. The Morgan fingerprint density at radius 2 is 1.81 bits per heavy atom. The van der Waals surface area contributed by atoms with Gasteiger partial charge in [-0.25, -0.2) is 0 Å². The van der Waals surface area contributed by atoms with Gasteiger partial charge in [0.2, 0.25) is 0 Å². The van der Waals surface area contributed by atoms with E-state index in [0.29, 0.717) is 30.3 Å². The molecule has 214 valence electrons. The summed E-state index contributed by atoms with van der Waals surface area (Å²) in [5, 5.41) is 16.5. The maximum absolute atomic E-state index is 15.1. The summed E-state index contributed by atoms with van der Waals surface area (Å²) in [5.41, 5.74) is 0.757. The van der Waals surface area contributed by atoms with Gasteiger partial charge in [0.15, 0.2) is 0 Å². The number of carbonyl (C=O) groups is 2. The predicted octanol–water partition coefficient (Wildman–Crippen LogP) is 5.22. The van der Waals surface area contributed by atoms with Crippen molar-refractivity contribution >= 4 is 23.2 Å². The number of nitriles is 1. The Bertz CT molecular complexity index is 1650. The molecule has 0 unspecified atom stereocenters. The molecule has 2 heterocycles. The highest BCUT2D eigenvalue weighted by Gasteiger charge is 2.37. The Balaban J connectivity index is 1.37. The number of carbonyl (C=O) groups excluding carboxylic acids is 2. The van der Waals surface area contributed by atoms with Crippen LogP contribution in [0.25, 0.3) is 0 Å². The number of rotatable bonds is 9. The third-order valence-electron chi connectivity index (χ3n) is 6.93. The highest BCUT2D eigenvalue weighted by atomic mass is 19.3. The van der Waals surface area contributed by atoms with E-state index < -0.39 is 17.7 Å². The predicted molar refractivity (Wildman–Crippen MR) is 151 cm³/mol. The molecule has 0 fully saturated rings. The van der Waals surface area contributed by atoms with Crippen LogP contribution in [-0.4, -0.2) is 48.0 Å². The van der Waals surface area contributed by atoms with Gasteiger partial charge in [0, 0.05) is 29.6 Å². The lowest BCUT2D eigenvalue weighted by atomic mass is 9.99. The van der Waals surface area contributed by atoms with E-state index in [1.807, 2.05) is 13.0 Å². The van der Waals surface area contributed by atoms with Crippen molar-refractivity contribution in [3.05, 3.63) is 107 Å². The van der Waals surface area contributed by atoms with Gasteiger partial charge in [-0.05, 0) is 37.3 Å². The molecule has 9 nitrogen and oxygen atoms in total. The van der Waals surface area contributed by atoms with Crippen LogP contribution in [0.3, 0.4) is 0 Å². The van der Waals surface area contributed by atoms with Gasteiger partial charge in [0.25, 0.3) is 17.7 Å². The number of hydrogen-bond acceptors (Lipinski definition) is 6. The molecule has 1 aliphatic heterocycles. The van der Waals surface area contributed by atoms with Gasteiger partial charge in [0.05, 0.1) is 36.5 Å². The van der Waals surface area contributed by atoms with Crippen LogP contribution in [0.2, 0.25) is 0 Å². The summed E-state index contributed by atoms with van der Waals surface area (Å²) in [5.74, 6) is -3.93. The number of benzene rings is 3. The first-order valence-electron chi connectivity index (χ1n) is 13.1. The van der Waals surface area contributed by atoms with E-state index in [-0.39, 0.29) is 40.6 Å². The van der Waals surface area contributed by atoms with Gasteiger partial charge in [-0.1, -0.05) is 42.5 Å². The lowest BCUT2D eigenvalue weighted by molar-refractivity contribution is 0.0428. The van der Waals surface area contributed by atoms with Gasteiger partial charge < -0.3 is 19.7 Å². The molecule has 1 N–H and O–H groups in total. The van der Waals surface area contributed by atoms with Crippen LogP contribution in [0.15, 0.2) is 79.0 Å². The molecule has 5 rings (SSSR count). The topological polar surface area (TPSA) is 109 Å². The number of nitrogens with one attached hydrogen (secondary N) is 1. The third kappa shape index (κ3) is 5.44. The first-order valence-corrected chi connectivity index (χ1v) is 13.1. The molecule has 0 aliphatic carbocycles. The molecule has 3 aromatic carbocycles. The second-order valence-electron chi connectivity index (χ2n) is 9.72. The van der Waals surface area contributed by atoms with Gasteiger partial charge in [0.1, 0.15) is 24.1 Å². The fourth-order valence-electron chi connectivity index (χ4n) is 4.83. The van der Waals surface area contributed by atoms with Crippen molar-refractivity contribution in [2.24, 2.45) is 0 Å². The zero-order valence-electron chi connectivity index (χ0n) is 22.9. The molecule has 11 heteroatoms. The highest BCUT2D eigenvalue weighted by Crippen LogP contribution is 2.37. The average molecular weight is 572 g/mol. The first kappa shape index (κ1) is 28.4. The molecule has 1 aliphatic rings. The largest absolute Gasteiger partial charge is 0.490 e. The number of hydrogen-bond donors (Lipinski definition) is 1. The number of alkyl halides is 2. The van der Waals surface area contributed by atoms with Crippen molar-refractivity contribution in [1.82, 2.24) is 9.78 Å². The number of amides is 2. The number of nitrogens with zero attached hydrogens (tertiary/aromatic N) is 4. The molecule has 0 bridgehead atoms. The monoisotopic (exact) mass is 571 g/mol. The van der Waals surface area contributed by atoms with E-state index in [4.69, 9.17) is 9.47 Å². The van der Waals surface area contributed by atoms with E-state index >= 15 is 8.78 Å². The van der Waals surface area contributed by atoms with Gasteiger partial charge in [-0.2, -0.15) is 19.1 Å². The quantitative estimate of drug-likeness (QED) is 0.276. The Morgan fingerprint density at radius 1 is 1.10 bits per heavy atom. The van der Waals surface area contributed by atoms with Crippen LogP contribution in [-0.2, 0) is 17.2 Å². The first-order chi connectivity index (χ1) is 20.2. The molecule has 42 heavy (non-hydrogen) atoms. The smallest absolute Gasteiger partial charge is 0.298 e. The van der Waals surface area contributed by atoms with Gasteiger partial charge in [-0.15, -0.1) is 0 Å². The summed E-state index contributed by atoms with van der Waals surface area (Å²) in [6, 6.07) is 19.4. The van der Waals surface area contributed by atoms with Crippen molar-refractivity contribution in [2.45, 2.75) is 25.4 Å². The summed E-state index contributed by atoms with van der Waals surface area (Å²) in [6.07, 6.45) is 1.32. The van der Waals surface area contributed by atoms with Crippen molar-refractivity contribution in [3.8, 4) is 11.8 Å². The number of methoxy groups -OCH3 is 1. The summed E-state index contributed by atoms with van der Waals surface area (Å²) in [4.78, 5) is 28.4. The van der Waals surface area contributed by atoms with Crippen LogP contribution in [0, 0.1) is 11.3 Å². The number of ether oxygens (including phenoxy) is 2. The van der Waals surface area contributed by atoms with Crippen LogP contribution in [0.5, 0.6) is 5.75 Å². The summed E-state index contributed by atoms with van der Waals surface area (Å²) >= 11 is 0. The second kappa shape index (κ2) is 11.8. The van der Waals surface area contributed by atoms with Gasteiger partial charge in [-0.3, -0.25) is 14.3 Å². The Hall–Kier alpha value is -5.08.